The molecule has 1 aromatic heterocycles. The van der Waals surface area contributed by atoms with Crippen LogP contribution in [0.3, 0.4) is 0 Å². The summed E-state index contributed by atoms with van der Waals surface area (Å²) >= 11 is 1.28. The van der Waals surface area contributed by atoms with Gasteiger partial charge in [-0.15, -0.1) is 11.3 Å². The fourth-order valence-corrected chi connectivity index (χ4v) is 2.47. The Balaban J connectivity index is 2.27. The van der Waals surface area contributed by atoms with Crippen LogP contribution in [0.15, 0.2) is 35.7 Å². The third-order valence-corrected chi connectivity index (χ3v) is 3.58. The maximum absolute atomic E-state index is 12.9. The summed E-state index contributed by atoms with van der Waals surface area (Å²) < 4.78 is 12.9. The van der Waals surface area contributed by atoms with Crippen LogP contribution < -0.4 is 4.90 Å². The van der Waals surface area contributed by atoms with E-state index in [9.17, 15) is 9.18 Å². The first kappa shape index (κ1) is 14.3. The number of amides is 1. The fourth-order valence-electron chi connectivity index (χ4n) is 1.64. The highest BCUT2D eigenvalue weighted by atomic mass is 32.1. The number of thiophene rings is 1. The van der Waals surface area contributed by atoms with Crippen LogP contribution in [0.2, 0.25) is 0 Å². The van der Waals surface area contributed by atoms with E-state index in [1.54, 1.807) is 30.6 Å². The molecule has 5 heteroatoms. The quantitative estimate of drug-likeness (QED) is 0.863. The van der Waals surface area contributed by atoms with Gasteiger partial charge in [-0.25, -0.2) is 4.39 Å². The lowest BCUT2D eigenvalue weighted by Gasteiger charge is -2.16. The third kappa shape index (κ3) is 3.05. The van der Waals surface area contributed by atoms with E-state index >= 15 is 0 Å². The number of aliphatic hydroxyl groups is 1. The zero-order chi connectivity index (χ0) is 14.5. The number of aliphatic hydroxyl groups excluding tert-OH is 1. The van der Waals surface area contributed by atoms with Gasteiger partial charge in [0.2, 0.25) is 0 Å². The normalized spacial score (nSPS) is 9.75. The highest BCUT2D eigenvalue weighted by Crippen LogP contribution is 2.21. The molecule has 0 fully saturated rings. The van der Waals surface area contributed by atoms with Crippen LogP contribution in [0.4, 0.5) is 10.1 Å². The molecule has 1 amide bonds. The lowest BCUT2D eigenvalue weighted by atomic mass is 10.2. The van der Waals surface area contributed by atoms with E-state index in [1.807, 2.05) is 0 Å². The van der Waals surface area contributed by atoms with Gasteiger partial charge in [0.1, 0.15) is 17.3 Å². The second-order valence-corrected chi connectivity index (χ2v) is 4.88. The van der Waals surface area contributed by atoms with Crippen LogP contribution in [0, 0.1) is 17.7 Å². The van der Waals surface area contributed by atoms with Crippen molar-refractivity contribution in [1.82, 2.24) is 0 Å². The number of nitrogens with zero attached hydrogens (tertiary/aromatic N) is 1. The molecule has 0 bridgehead atoms. The molecule has 0 atom stereocenters. The summed E-state index contributed by atoms with van der Waals surface area (Å²) in [5, 5.41) is 10.5. The smallest absolute Gasteiger partial charge is 0.269 e. The van der Waals surface area contributed by atoms with Crippen LogP contribution in [0.5, 0.6) is 0 Å². The van der Waals surface area contributed by atoms with Gasteiger partial charge in [-0.1, -0.05) is 11.8 Å². The topological polar surface area (TPSA) is 40.5 Å². The van der Waals surface area contributed by atoms with E-state index in [1.165, 1.54) is 28.4 Å². The monoisotopic (exact) mass is 289 g/mol. The molecule has 0 saturated carbocycles. The molecule has 1 heterocycles. The van der Waals surface area contributed by atoms with E-state index in [2.05, 4.69) is 11.8 Å². The number of rotatable bonds is 2. The maximum Gasteiger partial charge on any atom is 0.269 e. The van der Waals surface area contributed by atoms with E-state index < -0.39 is 0 Å². The van der Waals surface area contributed by atoms with Crippen molar-refractivity contribution in [3.63, 3.8) is 0 Å². The number of anilines is 1. The second kappa shape index (κ2) is 6.33. The minimum absolute atomic E-state index is 0.214. The molecule has 20 heavy (non-hydrogen) atoms. The van der Waals surface area contributed by atoms with E-state index in [0.717, 1.165) is 0 Å². The fraction of sp³-hybridized carbons (Fsp3) is 0.133. The van der Waals surface area contributed by atoms with Crippen molar-refractivity contribution in [2.75, 3.05) is 18.6 Å². The van der Waals surface area contributed by atoms with Crippen molar-refractivity contribution in [3.05, 3.63) is 52.0 Å². The van der Waals surface area contributed by atoms with Crippen LogP contribution in [-0.4, -0.2) is 24.7 Å². The summed E-state index contributed by atoms with van der Waals surface area (Å²) in [4.78, 5) is 14.3. The van der Waals surface area contributed by atoms with Gasteiger partial charge in [0.15, 0.2) is 0 Å². The Bertz CT molecular complexity index is 667. The molecule has 3 nitrogen and oxygen atoms in total. The average molecular weight is 289 g/mol. The Morgan fingerprint density at radius 1 is 1.35 bits per heavy atom. The first-order valence-electron chi connectivity index (χ1n) is 5.84. The van der Waals surface area contributed by atoms with Crippen molar-refractivity contribution < 1.29 is 14.3 Å². The largest absolute Gasteiger partial charge is 0.384 e. The molecule has 102 valence electrons. The maximum atomic E-state index is 12.9. The summed E-state index contributed by atoms with van der Waals surface area (Å²) in [6.07, 6.45) is 0. The molecule has 0 aliphatic heterocycles. The van der Waals surface area contributed by atoms with E-state index in [0.29, 0.717) is 16.1 Å². The number of hydrogen-bond acceptors (Lipinski definition) is 3. The number of halogens is 1. The van der Waals surface area contributed by atoms with Crippen LogP contribution in [0.25, 0.3) is 0 Å². The molecule has 0 unspecified atom stereocenters. The van der Waals surface area contributed by atoms with E-state index in [-0.39, 0.29) is 18.3 Å². The number of carbonyl (C=O) groups excluding carboxylic acids is 1. The highest BCUT2D eigenvalue weighted by Gasteiger charge is 2.17. The zero-order valence-electron chi connectivity index (χ0n) is 10.8. The average Bonchev–Trinajstić information content (AvgIpc) is 2.92. The molecule has 0 spiro atoms. The van der Waals surface area contributed by atoms with Crippen LogP contribution in [0.1, 0.15) is 15.2 Å². The lowest BCUT2D eigenvalue weighted by molar-refractivity contribution is 0.0996. The Hall–Kier alpha value is -2.16. The van der Waals surface area contributed by atoms with Crippen LogP contribution in [-0.2, 0) is 0 Å². The number of benzene rings is 1. The Kier molecular flexibility index (Phi) is 4.51. The minimum atomic E-state index is -0.347. The predicted octanol–water partition coefficient (Wildman–Crippen LogP) is 2.51. The Labute approximate surface area is 120 Å². The van der Waals surface area contributed by atoms with Gasteiger partial charge in [-0.05, 0) is 35.7 Å². The number of carbonyl (C=O) groups is 1. The SMILES string of the molecule is CN(C(=O)c1sccc1C#CCO)c1ccc(F)cc1. The minimum Gasteiger partial charge on any atom is -0.384 e. The molecule has 1 N–H and O–H groups in total. The number of hydrogen-bond donors (Lipinski definition) is 1. The van der Waals surface area contributed by atoms with Gasteiger partial charge in [0.25, 0.3) is 5.91 Å². The molecule has 0 aliphatic carbocycles. The van der Waals surface area contributed by atoms with Crippen molar-refractivity contribution in [1.29, 1.82) is 0 Å². The molecule has 1 aromatic carbocycles. The molecular weight excluding hydrogens is 277 g/mol. The van der Waals surface area contributed by atoms with Crippen molar-refractivity contribution in [2.45, 2.75) is 0 Å². The molecular formula is C15H12FNO2S. The first-order valence-corrected chi connectivity index (χ1v) is 6.72. The Morgan fingerprint density at radius 3 is 2.70 bits per heavy atom. The first-order chi connectivity index (χ1) is 9.63. The van der Waals surface area contributed by atoms with Gasteiger partial charge in [-0.3, -0.25) is 4.79 Å². The lowest BCUT2D eigenvalue weighted by Crippen LogP contribution is -2.25. The third-order valence-electron chi connectivity index (χ3n) is 2.68. The molecule has 2 rings (SSSR count). The summed E-state index contributed by atoms with van der Waals surface area (Å²) in [7, 11) is 1.62. The molecule has 0 aliphatic rings. The van der Waals surface area contributed by atoms with Crippen molar-refractivity contribution in [2.24, 2.45) is 0 Å². The van der Waals surface area contributed by atoms with Crippen molar-refractivity contribution >= 4 is 22.9 Å². The van der Waals surface area contributed by atoms with E-state index in [4.69, 9.17) is 5.11 Å². The van der Waals surface area contributed by atoms with Crippen LogP contribution >= 0.6 is 11.3 Å². The summed E-state index contributed by atoms with van der Waals surface area (Å²) in [5.74, 6) is 4.71. The standard InChI is InChI=1S/C15H12FNO2S/c1-17(13-6-4-12(16)5-7-13)15(19)14-11(3-2-9-18)8-10-20-14/h4-8,10,18H,9H2,1H3. The Morgan fingerprint density at radius 2 is 2.05 bits per heavy atom. The van der Waals surface area contributed by atoms with Crippen molar-refractivity contribution in [3.8, 4) is 11.8 Å². The summed E-state index contributed by atoms with van der Waals surface area (Å²) in [6.45, 7) is -0.253. The van der Waals surface area contributed by atoms with Gasteiger partial charge in [-0.2, -0.15) is 0 Å². The predicted molar refractivity (Wildman–Crippen MR) is 77.4 cm³/mol. The summed E-state index contributed by atoms with van der Waals surface area (Å²) in [6, 6.07) is 7.43. The highest BCUT2D eigenvalue weighted by molar-refractivity contribution is 7.12. The summed E-state index contributed by atoms with van der Waals surface area (Å²) in [5.41, 5.74) is 1.19. The van der Waals surface area contributed by atoms with Gasteiger partial charge < -0.3 is 10.0 Å². The van der Waals surface area contributed by atoms with Gasteiger partial charge in [0.05, 0.1) is 0 Å². The zero-order valence-corrected chi connectivity index (χ0v) is 11.6. The molecule has 0 saturated heterocycles. The molecule has 2 aromatic rings. The van der Waals surface area contributed by atoms with Gasteiger partial charge in [0, 0.05) is 18.3 Å². The van der Waals surface area contributed by atoms with Gasteiger partial charge >= 0.3 is 0 Å². The second-order valence-electron chi connectivity index (χ2n) is 3.96. The molecule has 0 radical (unpaired) electrons.